The van der Waals surface area contributed by atoms with Crippen LogP contribution in [-0.4, -0.2) is 18.5 Å². The smallest absolute Gasteiger partial charge is 0.108 e. The summed E-state index contributed by atoms with van der Waals surface area (Å²) in [6, 6.07) is 132. The molecule has 0 spiro atoms. The highest BCUT2D eigenvalue weighted by atomic mass is 31.2. The maximum atomic E-state index is 2.36. The molecule has 12 aromatic rings. The van der Waals surface area contributed by atoms with Gasteiger partial charge in [-0.2, -0.15) is 43.7 Å². The molecule has 0 radical (unpaired) electrons. The van der Waals surface area contributed by atoms with E-state index in [1.54, 1.807) is 0 Å². The average Bonchev–Trinajstić information content (AvgIpc) is 3.68. The van der Waals surface area contributed by atoms with E-state index < -0.39 is 19.6 Å². The fourth-order valence-electron chi connectivity index (χ4n) is 12.6. The van der Waals surface area contributed by atoms with Crippen LogP contribution in [0.2, 0.25) is 0 Å². The van der Waals surface area contributed by atoms with E-state index in [1.807, 2.05) is 0 Å². The molecule has 3 heteroatoms. The maximum absolute atomic E-state index is 2.36. The molecule has 0 aliphatic carbocycles. The fraction of sp³-hybridized carbons (Fsp3) is 0.0649. The fourth-order valence-corrected chi connectivity index (χ4v) is 17.0. The van der Waals surface area contributed by atoms with Crippen molar-refractivity contribution in [3.63, 3.8) is 0 Å². The molecule has 0 aromatic heterocycles. The highest BCUT2D eigenvalue weighted by Crippen LogP contribution is 2.59. The van der Waals surface area contributed by atoms with E-state index in [-0.39, 0.29) is 0 Å². The van der Waals surface area contributed by atoms with Crippen LogP contribution >= 0.6 is 7.26 Å². The number of unbranched alkanes of at least 4 members (excludes halogenated alkanes) is 1. The first-order valence-electron chi connectivity index (χ1n) is 28.5. The minimum Gasteiger partial charge on any atom is -0.195 e. The Morgan fingerprint density at radius 3 is 0.637 bits per heavy atom. The number of hydrogen-bond acceptors (Lipinski definition) is 0. The van der Waals surface area contributed by atoms with Crippen LogP contribution in [0.1, 0.15) is 24.0 Å². The Morgan fingerprint density at radius 1 is 0.200 bits per heavy atom. The Balaban J connectivity index is 0.000000136. The Kier molecular flexibility index (Phi) is 18.9. The molecular formula is C77H70B2P-. The van der Waals surface area contributed by atoms with E-state index in [2.05, 4.69) is 364 Å². The maximum Gasteiger partial charge on any atom is 0.108 e. The lowest BCUT2D eigenvalue weighted by atomic mass is 9.13. The van der Waals surface area contributed by atoms with Crippen molar-refractivity contribution in [2.24, 2.45) is 0 Å². The second-order valence-corrected chi connectivity index (χ2v) is 24.7. The van der Waals surface area contributed by atoms with Gasteiger partial charge in [0.1, 0.15) is 12.3 Å². The molecule has 12 rings (SSSR count). The lowest BCUT2D eigenvalue weighted by Crippen LogP contribution is -2.74. The van der Waals surface area contributed by atoms with Gasteiger partial charge in [-0.15, -0.1) is 0 Å². The molecule has 0 aliphatic rings. The van der Waals surface area contributed by atoms with E-state index in [4.69, 9.17) is 0 Å². The molecule has 0 amide bonds. The topological polar surface area (TPSA) is 0 Å². The van der Waals surface area contributed by atoms with Gasteiger partial charge >= 0.3 is 0 Å². The minimum atomic E-state index is -1.54. The summed E-state index contributed by atoms with van der Waals surface area (Å²) < 4.78 is 0. The van der Waals surface area contributed by atoms with Crippen molar-refractivity contribution >= 4 is 73.9 Å². The van der Waals surface area contributed by atoms with Crippen molar-refractivity contribution in [3.8, 4) is 0 Å². The third-order valence-corrected chi connectivity index (χ3v) is 20.8. The Bertz CT molecular complexity index is 3090. The quantitative estimate of drug-likeness (QED) is 0.0484. The number of rotatable bonds is 17. The van der Waals surface area contributed by atoms with Gasteiger partial charge in [0, 0.05) is 0 Å². The zero-order valence-corrected chi connectivity index (χ0v) is 46.7. The van der Waals surface area contributed by atoms with Crippen LogP contribution in [0.25, 0.3) is 0 Å². The summed E-state index contributed by atoms with van der Waals surface area (Å²) in [5.74, 6) is 0. The number of benzene rings is 12. The summed E-state index contributed by atoms with van der Waals surface area (Å²) in [6.07, 6.45) is 3.60. The second kappa shape index (κ2) is 27.7. The highest BCUT2D eigenvalue weighted by molar-refractivity contribution is 7.88. The van der Waals surface area contributed by atoms with Crippen molar-refractivity contribution in [2.75, 3.05) is 6.16 Å². The van der Waals surface area contributed by atoms with Gasteiger partial charge in [0.25, 0.3) is 0 Å². The number of aryl methyl sites for hydroxylation is 1. The summed E-state index contributed by atoms with van der Waals surface area (Å²) >= 11 is 0. The van der Waals surface area contributed by atoms with Gasteiger partial charge in [0.2, 0.25) is 0 Å². The van der Waals surface area contributed by atoms with Gasteiger partial charge in [-0.1, -0.05) is 340 Å². The Morgan fingerprint density at radius 2 is 0.400 bits per heavy atom. The van der Waals surface area contributed by atoms with Gasteiger partial charge in [-0.25, -0.2) is 0 Å². The number of hydrogen-bond donors (Lipinski definition) is 0. The monoisotopic (exact) mass is 1050 g/mol. The SMILES string of the molecule is c1ccc(CCCC[P+](Cc2ccccc2)(c2ccccc2)c2ccccc2)cc1.c1ccc([B-](c2ccccc2)(c2ccccc2)c2ccccc2)cc1.c1ccc([B-](c2ccccc2)(c2ccccc2)c2ccccc2)cc1. The van der Waals surface area contributed by atoms with Crippen LogP contribution in [0.3, 0.4) is 0 Å². The second-order valence-electron chi connectivity index (χ2n) is 21.0. The predicted octanol–water partition coefficient (Wildman–Crippen LogP) is 13.0. The van der Waals surface area contributed by atoms with Crippen LogP contribution in [0.15, 0.2) is 364 Å². The standard InChI is InChI=1S/C29H30P.2C24H20B/c1-5-15-26(16-6-1)17-13-14-24-30(28-20-9-3-10-21-28,29-22-11-4-12-23-29)25-27-18-7-2-8-19-27;2*1-5-13-21(14-6-1)25(22-15-7-2-8-16-22,23-17-9-3-10-18-23)24-19-11-4-12-20-24/h1-12,15-16,18-23H,13-14,17,24-25H2;2*1-20H/q+1;2*-1. The van der Waals surface area contributed by atoms with Gasteiger partial charge in [-0.3, -0.25) is 0 Å². The van der Waals surface area contributed by atoms with Crippen LogP contribution < -0.4 is 54.3 Å². The van der Waals surface area contributed by atoms with Crippen molar-refractivity contribution < 1.29 is 0 Å². The molecule has 0 heterocycles. The largest absolute Gasteiger partial charge is 0.195 e. The minimum absolute atomic E-state index is 1.13. The molecule has 0 saturated carbocycles. The van der Waals surface area contributed by atoms with Crippen LogP contribution in [0.4, 0.5) is 0 Å². The molecule has 12 aromatic carbocycles. The molecule has 0 bridgehead atoms. The van der Waals surface area contributed by atoms with E-state index in [0.29, 0.717) is 0 Å². The Hall–Kier alpha value is -8.80. The van der Waals surface area contributed by atoms with Gasteiger partial charge in [-0.05, 0) is 54.7 Å². The molecule has 0 atom stereocenters. The molecule has 0 fully saturated rings. The van der Waals surface area contributed by atoms with E-state index in [1.165, 1.54) is 84.4 Å². The summed E-state index contributed by atoms with van der Waals surface area (Å²) in [7, 11) is -1.54. The predicted molar refractivity (Wildman–Crippen MR) is 354 cm³/mol. The molecular weight excluding hydrogens is 977 g/mol. The normalized spacial score (nSPS) is 11.2. The zero-order valence-electron chi connectivity index (χ0n) is 45.8. The molecule has 0 saturated heterocycles. The molecule has 0 N–H and O–H groups in total. The van der Waals surface area contributed by atoms with E-state index in [9.17, 15) is 0 Å². The molecule has 0 unspecified atom stereocenters. The first-order chi connectivity index (χ1) is 39.7. The van der Waals surface area contributed by atoms with Crippen molar-refractivity contribution in [2.45, 2.75) is 25.4 Å². The van der Waals surface area contributed by atoms with E-state index in [0.717, 1.165) is 12.6 Å². The first-order valence-corrected chi connectivity index (χ1v) is 30.7. The van der Waals surface area contributed by atoms with Gasteiger partial charge in [0.15, 0.2) is 0 Å². The third-order valence-electron chi connectivity index (χ3n) is 16.3. The Labute approximate surface area is 477 Å². The first kappa shape index (κ1) is 54.6. The third kappa shape index (κ3) is 12.5. The molecule has 0 nitrogen and oxygen atoms in total. The highest BCUT2D eigenvalue weighted by Gasteiger charge is 2.42. The van der Waals surface area contributed by atoms with Crippen LogP contribution in [-0.2, 0) is 12.6 Å². The summed E-state index contributed by atoms with van der Waals surface area (Å²) in [5.41, 5.74) is 13.6. The van der Waals surface area contributed by atoms with Gasteiger partial charge < -0.3 is 0 Å². The molecule has 80 heavy (non-hydrogen) atoms. The van der Waals surface area contributed by atoms with Crippen molar-refractivity contribution in [3.05, 3.63) is 375 Å². The molecule has 0 aliphatic heterocycles. The lowest BCUT2D eigenvalue weighted by molar-refractivity contribution is 0.798. The van der Waals surface area contributed by atoms with Crippen molar-refractivity contribution in [1.82, 2.24) is 0 Å². The molecule has 390 valence electrons. The van der Waals surface area contributed by atoms with E-state index >= 15 is 0 Å². The van der Waals surface area contributed by atoms with Gasteiger partial charge in [0.05, 0.1) is 30.2 Å². The summed E-state index contributed by atoms with van der Waals surface area (Å²) in [4.78, 5) is 0. The lowest BCUT2D eigenvalue weighted by Gasteiger charge is -2.44. The summed E-state index contributed by atoms with van der Waals surface area (Å²) in [5, 5.41) is 3.06. The zero-order chi connectivity index (χ0) is 54.4. The van der Waals surface area contributed by atoms with Crippen molar-refractivity contribution in [1.29, 1.82) is 0 Å². The van der Waals surface area contributed by atoms with Crippen LogP contribution in [0, 0.1) is 0 Å². The summed E-state index contributed by atoms with van der Waals surface area (Å²) in [6.45, 7) is 0. The average molecular weight is 1050 g/mol. The van der Waals surface area contributed by atoms with Crippen LogP contribution in [0.5, 0.6) is 0 Å².